The average Bonchev–Trinajstić information content (AvgIpc) is 2.34. The molecule has 0 saturated carbocycles. The molecule has 1 amide bonds. The van der Waals surface area contributed by atoms with Gasteiger partial charge in [0.05, 0.1) is 0 Å². The normalized spacial score (nSPS) is 18.4. The molecule has 2 unspecified atom stereocenters. The summed E-state index contributed by atoms with van der Waals surface area (Å²) in [5.41, 5.74) is 9.42. The predicted octanol–water partition coefficient (Wildman–Crippen LogP) is 1.20. The van der Waals surface area contributed by atoms with E-state index in [0.717, 1.165) is 12.1 Å². The van der Waals surface area contributed by atoms with Crippen LogP contribution in [0.4, 0.5) is 5.69 Å². The van der Waals surface area contributed by atoms with Gasteiger partial charge in [0.2, 0.25) is 5.91 Å². The van der Waals surface area contributed by atoms with E-state index >= 15 is 0 Å². The summed E-state index contributed by atoms with van der Waals surface area (Å²) in [6.07, 6.45) is 1.41. The van der Waals surface area contributed by atoms with Gasteiger partial charge in [-0.15, -0.1) is 0 Å². The molecule has 1 heterocycles. The molecule has 4 heteroatoms. The van der Waals surface area contributed by atoms with Crippen molar-refractivity contribution >= 4 is 11.6 Å². The van der Waals surface area contributed by atoms with Crippen molar-refractivity contribution in [1.82, 2.24) is 5.32 Å². The van der Waals surface area contributed by atoms with E-state index < -0.39 is 0 Å². The number of likely N-dealkylation sites (N-methyl/N-ethyl adjacent to an activating group) is 1. The van der Waals surface area contributed by atoms with Gasteiger partial charge in [-0.05, 0) is 37.6 Å². The quantitative estimate of drug-likeness (QED) is 0.844. The first-order chi connectivity index (χ1) is 8.54. The first kappa shape index (κ1) is 13.1. The van der Waals surface area contributed by atoms with E-state index in [1.165, 1.54) is 11.1 Å². The molecule has 1 aromatic rings. The number of carbonyl (C=O) groups excluding carboxylic acids is 1. The Morgan fingerprint density at radius 1 is 1.39 bits per heavy atom. The lowest BCUT2D eigenvalue weighted by Crippen LogP contribution is -2.34. The second-order valence-corrected chi connectivity index (χ2v) is 4.97. The molecule has 3 N–H and O–H groups in total. The zero-order valence-corrected chi connectivity index (χ0v) is 11.2. The molecule has 1 aromatic carbocycles. The minimum Gasteiger partial charge on any atom is -0.326 e. The van der Waals surface area contributed by atoms with Crippen LogP contribution in [0.2, 0.25) is 0 Å². The third kappa shape index (κ3) is 2.26. The summed E-state index contributed by atoms with van der Waals surface area (Å²) < 4.78 is 0. The average molecular weight is 247 g/mol. The van der Waals surface area contributed by atoms with Crippen molar-refractivity contribution < 1.29 is 4.79 Å². The van der Waals surface area contributed by atoms with Crippen molar-refractivity contribution in [2.45, 2.75) is 31.8 Å². The maximum Gasteiger partial charge on any atom is 0.227 e. The Hall–Kier alpha value is -1.39. The molecule has 2 atom stereocenters. The molecule has 0 spiro atoms. The number of aryl methyl sites for hydroxylation is 1. The fraction of sp³-hybridized carbons (Fsp3) is 0.500. The van der Waals surface area contributed by atoms with Crippen LogP contribution < -0.4 is 16.0 Å². The molecule has 0 aliphatic carbocycles. The van der Waals surface area contributed by atoms with E-state index in [1.54, 1.807) is 4.90 Å². The lowest BCUT2D eigenvalue weighted by molar-refractivity contribution is -0.118. The second-order valence-electron chi connectivity index (χ2n) is 4.97. The minimum absolute atomic E-state index is 0.0519. The minimum atomic E-state index is 0.0519. The van der Waals surface area contributed by atoms with E-state index in [9.17, 15) is 4.79 Å². The largest absolute Gasteiger partial charge is 0.326 e. The van der Waals surface area contributed by atoms with E-state index in [-0.39, 0.29) is 18.0 Å². The van der Waals surface area contributed by atoms with Crippen LogP contribution in [0.3, 0.4) is 0 Å². The van der Waals surface area contributed by atoms with Crippen molar-refractivity contribution in [3.05, 3.63) is 29.3 Å². The summed E-state index contributed by atoms with van der Waals surface area (Å²) in [5.74, 6) is 0.188. The van der Waals surface area contributed by atoms with Crippen molar-refractivity contribution in [3.8, 4) is 0 Å². The summed E-state index contributed by atoms with van der Waals surface area (Å²) in [5, 5.41) is 3.24. The summed E-state index contributed by atoms with van der Waals surface area (Å²) >= 11 is 0. The zero-order chi connectivity index (χ0) is 13.3. The highest BCUT2D eigenvalue weighted by Crippen LogP contribution is 2.29. The number of benzene rings is 1. The van der Waals surface area contributed by atoms with Crippen LogP contribution in [0.15, 0.2) is 18.2 Å². The number of amides is 1. The molecule has 0 radical (unpaired) electrons. The maximum absolute atomic E-state index is 11.6. The van der Waals surface area contributed by atoms with Gasteiger partial charge in [0.25, 0.3) is 0 Å². The number of nitrogens with zero attached hydrogens (tertiary/aromatic N) is 1. The van der Waals surface area contributed by atoms with Crippen LogP contribution in [-0.4, -0.2) is 26.0 Å². The first-order valence-electron chi connectivity index (χ1n) is 6.37. The molecule has 0 aromatic heterocycles. The number of hydrogen-bond donors (Lipinski definition) is 2. The summed E-state index contributed by atoms with van der Waals surface area (Å²) in [6, 6.07) is 6.45. The van der Waals surface area contributed by atoms with Gasteiger partial charge in [0.1, 0.15) is 0 Å². The molecular formula is C14H21N3O. The molecule has 18 heavy (non-hydrogen) atoms. The van der Waals surface area contributed by atoms with Crippen molar-refractivity contribution in [2.24, 2.45) is 5.73 Å². The van der Waals surface area contributed by atoms with Gasteiger partial charge < -0.3 is 16.0 Å². The number of nitrogens with two attached hydrogens (primary N) is 1. The Labute approximate surface area is 108 Å². The highest BCUT2D eigenvalue weighted by Gasteiger charge is 2.22. The van der Waals surface area contributed by atoms with Gasteiger partial charge in [-0.1, -0.05) is 12.1 Å². The lowest BCUT2D eigenvalue weighted by Gasteiger charge is -2.28. The van der Waals surface area contributed by atoms with Gasteiger partial charge in [-0.3, -0.25) is 4.79 Å². The molecule has 1 aliphatic rings. The Kier molecular flexibility index (Phi) is 3.68. The lowest BCUT2D eigenvalue weighted by atomic mass is 9.94. The van der Waals surface area contributed by atoms with Crippen LogP contribution in [-0.2, 0) is 11.2 Å². The third-order valence-corrected chi connectivity index (χ3v) is 3.64. The Morgan fingerprint density at radius 2 is 2.11 bits per heavy atom. The fourth-order valence-electron chi connectivity index (χ4n) is 2.60. The Balaban J connectivity index is 2.36. The van der Waals surface area contributed by atoms with Crippen molar-refractivity contribution in [1.29, 1.82) is 0 Å². The van der Waals surface area contributed by atoms with Gasteiger partial charge >= 0.3 is 0 Å². The number of rotatable bonds is 3. The number of fused-ring (bicyclic) bond motifs is 1. The van der Waals surface area contributed by atoms with Gasteiger partial charge in [0, 0.05) is 31.2 Å². The second kappa shape index (κ2) is 5.08. The fourth-order valence-corrected chi connectivity index (χ4v) is 2.60. The van der Waals surface area contributed by atoms with Gasteiger partial charge in [-0.2, -0.15) is 0 Å². The number of hydrogen-bond acceptors (Lipinski definition) is 3. The monoisotopic (exact) mass is 247 g/mol. The maximum atomic E-state index is 11.6. The van der Waals surface area contributed by atoms with Gasteiger partial charge in [-0.25, -0.2) is 0 Å². The zero-order valence-electron chi connectivity index (χ0n) is 11.2. The molecule has 0 bridgehead atoms. The Morgan fingerprint density at radius 3 is 2.72 bits per heavy atom. The van der Waals surface area contributed by atoms with Crippen LogP contribution in [0.5, 0.6) is 0 Å². The molecule has 2 rings (SSSR count). The predicted molar refractivity (Wildman–Crippen MR) is 73.6 cm³/mol. The first-order valence-corrected chi connectivity index (χ1v) is 6.37. The summed E-state index contributed by atoms with van der Waals surface area (Å²) in [6.45, 7) is 2.00. The number of anilines is 1. The van der Waals surface area contributed by atoms with Crippen molar-refractivity contribution in [2.75, 3.05) is 19.0 Å². The standard InChI is InChI=1S/C14H21N3O/c1-9(15)14(16-2)11-4-6-12-10(8-11)5-7-13(18)17(12)3/h4,6,8-9,14,16H,5,7,15H2,1-3H3. The molecule has 0 saturated heterocycles. The highest BCUT2D eigenvalue weighted by molar-refractivity contribution is 5.95. The summed E-state index contributed by atoms with van der Waals surface area (Å²) in [7, 11) is 3.75. The van der Waals surface area contributed by atoms with E-state index in [1.807, 2.05) is 27.1 Å². The van der Waals surface area contributed by atoms with Crippen LogP contribution in [0.25, 0.3) is 0 Å². The summed E-state index contributed by atoms with van der Waals surface area (Å²) in [4.78, 5) is 13.4. The molecule has 98 valence electrons. The van der Waals surface area contributed by atoms with Crippen molar-refractivity contribution in [3.63, 3.8) is 0 Å². The Bertz CT molecular complexity index is 456. The van der Waals surface area contributed by atoms with Crippen LogP contribution in [0.1, 0.15) is 30.5 Å². The molecule has 4 nitrogen and oxygen atoms in total. The molecular weight excluding hydrogens is 226 g/mol. The third-order valence-electron chi connectivity index (χ3n) is 3.64. The SMILES string of the molecule is CNC(c1ccc2c(c1)CCC(=O)N2C)C(C)N. The smallest absolute Gasteiger partial charge is 0.227 e. The molecule has 0 fully saturated rings. The molecule has 1 aliphatic heterocycles. The van der Waals surface area contributed by atoms with E-state index in [4.69, 9.17) is 5.73 Å². The van der Waals surface area contributed by atoms with Crippen LogP contribution >= 0.6 is 0 Å². The number of nitrogens with one attached hydrogen (secondary N) is 1. The van der Waals surface area contributed by atoms with Crippen LogP contribution in [0, 0.1) is 0 Å². The number of carbonyl (C=O) groups is 1. The van der Waals surface area contributed by atoms with E-state index in [0.29, 0.717) is 6.42 Å². The van der Waals surface area contributed by atoms with E-state index in [2.05, 4.69) is 17.4 Å². The van der Waals surface area contributed by atoms with Gasteiger partial charge in [0.15, 0.2) is 0 Å². The highest BCUT2D eigenvalue weighted by atomic mass is 16.2. The topological polar surface area (TPSA) is 58.4 Å².